The molecule has 0 atom stereocenters. The minimum atomic E-state index is 0.220. The monoisotopic (exact) mass is 422 g/mol. The van der Waals surface area contributed by atoms with Crippen LogP contribution >= 0.6 is 0 Å². The SMILES string of the molecule is CCC(=O)CC(CCCCCCCCC(CC(=O)CC)CC(=O)CC)CC(=O)CC. The molecule has 0 unspecified atom stereocenters. The van der Waals surface area contributed by atoms with E-state index in [0.717, 1.165) is 38.5 Å². The third-order valence-corrected chi connectivity index (χ3v) is 6.12. The first-order valence-electron chi connectivity index (χ1n) is 12.4. The standard InChI is InChI=1S/C26H46O4/c1-5-23(27)17-21(18-24(28)6-2)15-13-11-9-10-12-14-16-22(19-25(29)7-3)20-26(30)8-4/h21-22H,5-20H2,1-4H3. The summed E-state index contributed by atoms with van der Waals surface area (Å²) in [7, 11) is 0. The Bertz CT molecular complexity index is 427. The molecule has 0 spiro atoms. The molecule has 0 aliphatic rings. The Labute approximate surface area is 185 Å². The Kier molecular flexibility index (Phi) is 17.6. The fraction of sp³-hybridized carbons (Fsp3) is 0.846. The van der Waals surface area contributed by atoms with E-state index in [2.05, 4.69) is 0 Å². The van der Waals surface area contributed by atoms with E-state index in [-0.39, 0.29) is 35.0 Å². The van der Waals surface area contributed by atoms with Crippen LogP contribution in [0.5, 0.6) is 0 Å². The van der Waals surface area contributed by atoms with Gasteiger partial charge >= 0.3 is 0 Å². The summed E-state index contributed by atoms with van der Waals surface area (Å²) in [4.78, 5) is 47.1. The normalized spacial score (nSPS) is 11.3. The van der Waals surface area contributed by atoms with Gasteiger partial charge in [-0.25, -0.2) is 0 Å². The second kappa shape index (κ2) is 18.4. The van der Waals surface area contributed by atoms with Crippen LogP contribution in [0.4, 0.5) is 0 Å². The van der Waals surface area contributed by atoms with Crippen LogP contribution in [0.3, 0.4) is 0 Å². The van der Waals surface area contributed by atoms with E-state index in [1.807, 2.05) is 27.7 Å². The molecule has 0 radical (unpaired) electrons. The van der Waals surface area contributed by atoms with Crippen LogP contribution in [0.15, 0.2) is 0 Å². The summed E-state index contributed by atoms with van der Waals surface area (Å²) in [5, 5.41) is 0. The first kappa shape index (κ1) is 28.7. The molecule has 4 heteroatoms. The van der Waals surface area contributed by atoms with Crippen molar-refractivity contribution in [3.05, 3.63) is 0 Å². The zero-order chi connectivity index (χ0) is 22.8. The molecule has 0 amide bonds. The molecule has 0 saturated carbocycles. The highest BCUT2D eigenvalue weighted by Crippen LogP contribution is 2.23. The molecule has 30 heavy (non-hydrogen) atoms. The number of hydrogen-bond acceptors (Lipinski definition) is 4. The molecule has 0 aromatic heterocycles. The molecular weight excluding hydrogens is 376 g/mol. The Balaban J connectivity index is 4.07. The van der Waals surface area contributed by atoms with Gasteiger partial charge < -0.3 is 0 Å². The Hall–Kier alpha value is -1.32. The van der Waals surface area contributed by atoms with E-state index in [0.29, 0.717) is 51.4 Å². The second-order valence-electron chi connectivity index (χ2n) is 8.82. The number of unbranched alkanes of at least 4 members (excludes halogenated alkanes) is 5. The molecule has 0 heterocycles. The van der Waals surface area contributed by atoms with Crippen LogP contribution in [-0.4, -0.2) is 23.1 Å². The minimum Gasteiger partial charge on any atom is -0.300 e. The lowest BCUT2D eigenvalue weighted by molar-refractivity contribution is -0.123. The van der Waals surface area contributed by atoms with Gasteiger partial charge in [-0.05, 0) is 24.7 Å². The first-order valence-corrected chi connectivity index (χ1v) is 12.4. The molecule has 0 N–H and O–H groups in total. The van der Waals surface area contributed by atoms with E-state index in [4.69, 9.17) is 0 Å². The molecule has 0 rings (SSSR count). The summed E-state index contributed by atoms with van der Waals surface area (Å²) < 4.78 is 0. The fourth-order valence-electron chi connectivity index (χ4n) is 3.99. The van der Waals surface area contributed by atoms with Crippen molar-refractivity contribution in [2.45, 2.75) is 130 Å². The van der Waals surface area contributed by atoms with E-state index in [1.165, 1.54) is 12.8 Å². The van der Waals surface area contributed by atoms with E-state index in [1.54, 1.807) is 0 Å². The summed E-state index contributed by atoms with van der Waals surface area (Å²) >= 11 is 0. The molecule has 0 saturated heterocycles. The number of rotatable bonds is 21. The maximum Gasteiger partial charge on any atom is 0.132 e. The van der Waals surface area contributed by atoms with Crippen LogP contribution in [-0.2, 0) is 19.2 Å². The third kappa shape index (κ3) is 15.5. The molecular formula is C26H46O4. The average Bonchev–Trinajstić information content (AvgIpc) is 2.74. The van der Waals surface area contributed by atoms with Crippen LogP contribution in [0, 0.1) is 11.8 Å². The summed E-state index contributed by atoms with van der Waals surface area (Å²) in [6, 6.07) is 0. The van der Waals surface area contributed by atoms with Gasteiger partial charge in [0, 0.05) is 51.4 Å². The topological polar surface area (TPSA) is 68.3 Å². The zero-order valence-corrected chi connectivity index (χ0v) is 20.1. The number of hydrogen-bond donors (Lipinski definition) is 0. The van der Waals surface area contributed by atoms with Gasteiger partial charge in [0.1, 0.15) is 23.1 Å². The van der Waals surface area contributed by atoms with E-state index >= 15 is 0 Å². The van der Waals surface area contributed by atoms with Crippen LogP contribution < -0.4 is 0 Å². The van der Waals surface area contributed by atoms with Crippen LogP contribution in [0.1, 0.15) is 130 Å². The van der Waals surface area contributed by atoms with Crippen molar-refractivity contribution in [1.82, 2.24) is 0 Å². The van der Waals surface area contributed by atoms with Crippen molar-refractivity contribution in [2.75, 3.05) is 0 Å². The van der Waals surface area contributed by atoms with Gasteiger partial charge in [-0.1, -0.05) is 66.2 Å². The predicted molar refractivity (Wildman–Crippen MR) is 124 cm³/mol. The second-order valence-corrected chi connectivity index (χ2v) is 8.82. The summed E-state index contributed by atoms with van der Waals surface area (Å²) in [5.74, 6) is 1.50. The highest BCUT2D eigenvalue weighted by atomic mass is 16.1. The number of carbonyl (C=O) groups is 4. The lowest BCUT2D eigenvalue weighted by atomic mass is 9.89. The molecule has 174 valence electrons. The number of carbonyl (C=O) groups excluding carboxylic acids is 4. The molecule has 0 aliphatic heterocycles. The van der Waals surface area contributed by atoms with Crippen molar-refractivity contribution >= 4 is 23.1 Å². The summed E-state index contributed by atoms with van der Waals surface area (Å²) in [6.45, 7) is 7.56. The lowest BCUT2D eigenvalue weighted by Crippen LogP contribution is -2.13. The summed E-state index contributed by atoms with van der Waals surface area (Å²) in [5.41, 5.74) is 0. The first-order chi connectivity index (χ1) is 14.4. The van der Waals surface area contributed by atoms with Gasteiger partial charge in [0.15, 0.2) is 0 Å². The van der Waals surface area contributed by atoms with Crippen molar-refractivity contribution in [2.24, 2.45) is 11.8 Å². The molecule has 0 aliphatic carbocycles. The zero-order valence-electron chi connectivity index (χ0n) is 20.1. The average molecular weight is 423 g/mol. The van der Waals surface area contributed by atoms with Gasteiger partial charge in [-0.3, -0.25) is 19.2 Å². The van der Waals surface area contributed by atoms with Crippen molar-refractivity contribution in [3.8, 4) is 0 Å². The molecule has 0 fully saturated rings. The van der Waals surface area contributed by atoms with Crippen LogP contribution in [0.2, 0.25) is 0 Å². The molecule has 0 aromatic rings. The van der Waals surface area contributed by atoms with Crippen molar-refractivity contribution < 1.29 is 19.2 Å². The maximum atomic E-state index is 11.8. The highest BCUT2D eigenvalue weighted by Gasteiger charge is 2.17. The summed E-state index contributed by atoms with van der Waals surface area (Å²) in [6.07, 6.45) is 13.2. The van der Waals surface area contributed by atoms with Crippen molar-refractivity contribution in [3.63, 3.8) is 0 Å². The Morgan fingerprint density at radius 2 is 0.667 bits per heavy atom. The van der Waals surface area contributed by atoms with Gasteiger partial charge in [-0.15, -0.1) is 0 Å². The highest BCUT2D eigenvalue weighted by molar-refractivity contribution is 5.82. The van der Waals surface area contributed by atoms with E-state index in [9.17, 15) is 19.2 Å². The largest absolute Gasteiger partial charge is 0.300 e. The van der Waals surface area contributed by atoms with Gasteiger partial charge in [0.2, 0.25) is 0 Å². The minimum absolute atomic E-state index is 0.220. The van der Waals surface area contributed by atoms with Gasteiger partial charge in [0.05, 0.1) is 0 Å². The Morgan fingerprint density at radius 1 is 0.433 bits per heavy atom. The Morgan fingerprint density at radius 3 is 0.900 bits per heavy atom. The van der Waals surface area contributed by atoms with E-state index < -0.39 is 0 Å². The molecule has 4 nitrogen and oxygen atoms in total. The third-order valence-electron chi connectivity index (χ3n) is 6.12. The maximum absolute atomic E-state index is 11.8. The lowest BCUT2D eigenvalue weighted by Gasteiger charge is -2.15. The fourth-order valence-corrected chi connectivity index (χ4v) is 3.99. The number of Topliss-reactive ketones (excluding diaryl/α,β-unsaturated/α-hetero) is 4. The molecule has 0 bridgehead atoms. The predicted octanol–water partition coefficient (Wildman–Crippen LogP) is 6.82. The number of ketones is 4. The van der Waals surface area contributed by atoms with Crippen LogP contribution in [0.25, 0.3) is 0 Å². The van der Waals surface area contributed by atoms with Gasteiger partial charge in [-0.2, -0.15) is 0 Å². The smallest absolute Gasteiger partial charge is 0.132 e. The van der Waals surface area contributed by atoms with Crippen molar-refractivity contribution in [1.29, 1.82) is 0 Å². The van der Waals surface area contributed by atoms with Gasteiger partial charge in [0.25, 0.3) is 0 Å². The quantitative estimate of drug-likeness (QED) is 0.190. The molecule has 0 aromatic carbocycles.